The van der Waals surface area contributed by atoms with Crippen LogP contribution in [0.1, 0.15) is 12.7 Å². The maximum atomic E-state index is 5.51. The number of nitrogens with one attached hydrogen (secondary N) is 1. The van der Waals surface area contributed by atoms with Gasteiger partial charge in [-0.05, 0) is 32.0 Å². The molecule has 1 heterocycles. The largest absolute Gasteiger partial charge is 0.493 e. The third-order valence-corrected chi connectivity index (χ3v) is 2.32. The lowest BCUT2D eigenvalue weighted by Crippen LogP contribution is -1.96. The van der Waals surface area contributed by atoms with E-state index >= 15 is 0 Å². The first-order valence-corrected chi connectivity index (χ1v) is 5.44. The molecule has 0 aliphatic rings. The second-order valence-corrected chi connectivity index (χ2v) is 3.54. The van der Waals surface area contributed by atoms with E-state index in [1.807, 2.05) is 32.0 Å². The van der Waals surface area contributed by atoms with Gasteiger partial charge in [-0.2, -0.15) is 5.10 Å². The number of aromatic nitrogens is 3. The van der Waals surface area contributed by atoms with Crippen molar-refractivity contribution in [3.63, 3.8) is 0 Å². The van der Waals surface area contributed by atoms with Crippen molar-refractivity contribution >= 4 is 0 Å². The molecule has 0 atom stereocenters. The first-order chi connectivity index (χ1) is 8.24. The summed E-state index contributed by atoms with van der Waals surface area (Å²) in [7, 11) is 1.62. The number of hydrogen-bond acceptors (Lipinski definition) is 4. The summed E-state index contributed by atoms with van der Waals surface area (Å²) in [5, 5.41) is 6.92. The number of methoxy groups -OCH3 is 1. The van der Waals surface area contributed by atoms with E-state index in [0.717, 1.165) is 11.4 Å². The first-order valence-electron chi connectivity index (χ1n) is 5.44. The highest BCUT2D eigenvalue weighted by atomic mass is 16.5. The molecule has 0 bridgehead atoms. The molecule has 0 saturated carbocycles. The van der Waals surface area contributed by atoms with Crippen LogP contribution < -0.4 is 9.47 Å². The third-order valence-electron chi connectivity index (χ3n) is 2.32. The van der Waals surface area contributed by atoms with E-state index < -0.39 is 0 Å². The number of nitrogens with zero attached hydrogens (tertiary/aromatic N) is 2. The summed E-state index contributed by atoms with van der Waals surface area (Å²) in [6, 6.07) is 5.64. The Morgan fingerprint density at radius 3 is 2.71 bits per heavy atom. The van der Waals surface area contributed by atoms with Gasteiger partial charge < -0.3 is 9.47 Å². The zero-order valence-corrected chi connectivity index (χ0v) is 10.2. The van der Waals surface area contributed by atoms with Gasteiger partial charge in [0.1, 0.15) is 5.82 Å². The lowest BCUT2D eigenvalue weighted by molar-refractivity contribution is 0.311. The highest BCUT2D eigenvalue weighted by Crippen LogP contribution is 2.31. The highest BCUT2D eigenvalue weighted by molar-refractivity contribution is 5.60. The molecule has 90 valence electrons. The van der Waals surface area contributed by atoms with Gasteiger partial charge in [-0.1, -0.05) is 0 Å². The number of aryl methyl sites for hydroxylation is 1. The van der Waals surface area contributed by atoms with Gasteiger partial charge in [0.25, 0.3) is 0 Å². The minimum Gasteiger partial charge on any atom is -0.493 e. The maximum Gasteiger partial charge on any atom is 0.181 e. The second kappa shape index (κ2) is 4.86. The van der Waals surface area contributed by atoms with Crippen LogP contribution in [-0.4, -0.2) is 28.9 Å². The molecule has 0 amide bonds. The van der Waals surface area contributed by atoms with Crippen LogP contribution in [-0.2, 0) is 0 Å². The fourth-order valence-electron chi connectivity index (χ4n) is 1.56. The van der Waals surface area contributed by atoms with E-state index in [1.165, 1.54) is 0 Å². The van der Waals surface area contributed by atoms with Crippen LogP contribution in [0.5, 0.6) is 11.5 Å². The average Bonchev–Trinajstić information content (AvgIpc) is 2.76. The van der Waals surface area contributed by atoms with Gasteiger partial charge in [0.2, 0.25) is 0 Å². The molecule has 5 heteroatoms. The molecule has 0 fully saturated rings. The minimum absolute atomic E-state index is 0.590. The number of hydrogen-bond donors (Lipinski definition) is 1. The van der Waals surface area contributed by atoms with Gasteiger partial charge in [0.05, 0.1) is 13.7 Å². The molecule has 2 aromatic rings. The predicted molar refractivity (Wildman–Crippen MR) is 64.3 cm³/mol. The minimum atomic E-state index is 0.590. The number of aromatic amines is 1. The lowest BCUT2D eigenvalue weighted by atomic mass is 10.2. The Morgan fingerprint density at radius 2 is 2.12 bits per heavy atom. The summed E-state index contributed by atoms with van der Waals surface area (Å²) in [5.74, 6) is 2.86. The fraction of sp³-hybridized carbons (Fsp3) is 0.333. The second-order valence-electron chi connectivity index (χ2n) is 3.54. The Hall–Kier alpha value is -2.04. The van der Waals surface area contributed by atoms with Crippen LogP contribution in [0.3, 0.4) is 0 Å². The van der Waals surface area contributed by atoms with Gasteiger partial charge in [0.15, 0.2) is 17.3 Å². The molecule has 0 radical (unpaired) electrons. The number of ether oxygens (including phenoxy) is 2. The van der Waals surface area contributed by atoms with Gasteiger partial charge >= 0.3 is 0 Å². The summed E-state index contributed by atoms with van der Waals surface area (Å²) in [5.41, 5.74) is 0.901. The molecule has 2 rings (SSSR count). The third kappa shape index (κ3) is 2.38. The van der Waals surface area contributed by atoms with Gasteiger partial charge in [-0.3, -0.25) is 5.10 Å². The summed E-state index contributed by atoms with van der Waals surface area (Å²) in [6.45, 7) is 4.39. The monoisotopic (exact) mass is 233 g/mol. The molecule has 1 aromatic carbocycles. The van der Waals surface area contributed by atoms with E-state index in [9.17, 15) is 0 Å². The molecular formula is C12H15N3O2. The Morgan fingerprint density at radius 1 is 1.29 bits per heavy atom. The fourth-order valence-corrected chi connectivity index (χ4v) is 1.56. The van der Waals surface area contributed by atoms with Crippen molar-refractivity contribution in [1.82, 2.24) is 15.2 Å². The summed E-state index contributed by atoms with van der Waals surface area (Å²) in [4.78, 5) is 4.27. The van der Waals surface area contributed by atoms with E-state index in [-0.39, 0.29) is 0 Å². The molecular weight excluding hydrogens is 218 g/mol. The smallest absolute Gasteiger partial charge is 0.181 e. The van der Waals surface area contributed by atoms with E-state index in [0.29, 0.717) is 23.9 Å². The number of rotatable bonds is 4. The van der Waals surface area contributed by atoms with Crippen molar-refractivity contribution in [1.29, 1.82) is 0 Å². The molecule has 5 nitrogen and oxygen atoms in total. The van der Waals surface area contributed by atoms with Crippen molar-refractivity contribution in [3.8, 4) is 22.9 Å². The standard InChI is InChI=1S/C12H15N3O2/c1-4-17-11-7-9(5-6-10(11)16-3)12-13-8(2)14-15-12/h5-7H,4H2,1-3H3,(H,13,14,15). The predicted octanol–water partition coefficient (Wildman–Crippen LogP) is 2.19. The molecule has 0 spiro atoms. The van der Waals surface area contributed by atoms with Gasteiger partial charge in [-0.25, -0.2) is 4.98 Å². The Bertz CT molecular complexity index is 508. The number of H-pyrrole nitrogens is 1. The zero-order chi connectivity index (χ0) is 12.3. The molecule has 0 saturated heterocycles. The maximum absolute atomic E-state index is 5.51. The van der Waals surface area contributed by atoms with E-state index in [4.69, 9.17) is 9.47 Å². The van der Waals surface area contributed by atoms with Crippen molar-refractivity contribution < 1.29 is 9.47 Å². The van der Waals surface area contributed by atoms with Crippen LogP contribution in [0.25, 0.3) is 11.4 Å². The zero-order valence-electron chi connectivity index (χ0n) is 10.2. The van der Waals surface area contributed by atoms with Crippen molar-refractivity contribution in [2.24, 2.45) is 0 Å². The molecule has 0 aliphatic heterocycles. The highest BCUT2D eigenvalue weighted by Gasteiger charge is 2.09. The van der Waals surface area contributed by atoms with Crippen LogP contribution in [0, 0.1) is 6.92 Å². The van der Waals surface area contributed by atoms with Crippen LogP contribution >= 0.6 is 0 Å². The molecule has 1 N–H and O–H groups in total. The average molecular weight is 233 g/mol. The number of benzene rings is 1. The van der Waals surface area contributed by atoms with Crippen molar-refractivity contribution in [2.45, 2.75) is 13.8 Å². The van der Waals surface area contributed by atoms with Crippen LogP contribution in [0.4, 0.5) is 0 Å². The van der Waals surface area contributed by atoms with Crippen molar-refractivity contribution in [2.75, 3.05) is 13.7 Å². The summed E-state index contributed by atoms with van der Waals surface area (Å²) < 4.78 is 10.7. The quantitative estimate of drug-likeness (QED) is 0.879. The lowest BCUT2D eigenvalue weighted by Gasteiger charge is -2.09. The topological polar surface area (TPSA) is 60.0 Å². The SMILES string of the molecule is CCOc1cc(-c2n[nH]c(C)n2)ccc1OC. The molecule has 1 aromatic heterocycles. The molecule has 17 heavy (non-hydrogen) atoms. The molecule has 0 unspecified atom stereocenters. The Balaban J connectivity index is 2.39. The normalized spacial score (nSPS) is 10.3. The van der Waals surface area contributed by atoms with Gasteiger partial charge in [-0.15, -0.1) is 0 Å². The first kappa shape index (κ1) is 11.4. The summed E-state index contributed by atoms with van der Waals surface area (Å²) in [6.07, 6.45) is 0. The Labute approximate surface area is 99.8 Å². The van der Waals surface area contributed by atoms with Crippen molar-refractivity contribution in [3.05, 3.63) is 24.0 Å². The molecule has 0 aliphatic carbocycles. The van der Waals surface area contributed by atoms with E-state index in [1.54, 1.807) is 7.11 Å². The van der Waals surface area contributed by atoms with Gasteiger partial charge in [0, 0.05) is 5.56 Å². The van der Waals surface area contributed by atoms with Crippen LogP contribution in [0.2, 0.25) is 0 Å². The van der Waals surface area contributed by atoms with E-state index in [2.05, 4.69) is 15.2 Å². The Kier molecular flexibility index (Phi) is 3.27. The van der Waals surface area contributed by atoms with Crippen LogP contribution in [0.15, 0.2) is 18.2 Å². The summed E-state index contributed by atoms with van der Waals surface area (Å²) >= 11 is 0.